The monoisotopic (exact) mass is 442 g/mol. The topological polar surface area (TPSA) is 101 Å². The lowest BCUT2D eigenvalue weighted by Crippen LogP contribution is -2.16. The van der Waals surface area contributed by atoms with E-state index in [1.54, 1.807) is 43.8 Å². The van der Waals surface area contributed by atoms with Gasteiger partial charge in [-0.3, -0.25) is 4.79 Å². The molecule has 1 aromatic heterocycles. The maximum Gasteiger partial charge on any atom is 0.264 e. The second-order valence-corrected chi connectivity index (χ2v) is 9.24. The molecule has 9 heteroatoms. The average Bonchev–Trinajstić information content (AvgIpc) is 2.68. The molecule has 0 unspecified atom stereocenters. The summed E-state index contributed by atoms with van der Waals surface area (Å²) in [6.45, 7) is 3.53. The Labute approximate surface area is 180 Å². The van der Waals surface area contributed by atoms with E-state index in [2.05, 4.69) is 20.0 Å². The Bertz CT molecular complexity index is 1130. The average molecular weight is 443 g/mol. The molecule has 0 atom stereocenters. The molecule has 0 aliphatic heterocycles. The van der Waals surface area contributed by atoms with Crippen LogP contribution in [0, 0.1) is 13.8 Å². The second kappa shape index (κ2) is 9.27. The van der Waals surface area contributed by atoms with Crippen molar-refractivity contribution in [2.75, 3.05) is 16.3 Å². The van der Waals surface area contributed by atoms with Crippen LogP contribution in [0.5, 0.6) is 0 Å². The fraction of sp³-hybridized carbons (Fsp3) is 0.190. The molecule has 7 nitrogen and oxygen atoms in total. The minimum atomic E-state index is -3.84. The standard InChI is InChI=1S/C21H22N4O3S2/c1-14-12-15(2)23-21(22-14)25-30(27,28)19-10-8-18(9-11-19)24-20(26)17-6-4-16(5-7-17)13-29-3/h4-12H,13H2,1-3H3,(H,24,26)(H,22,23,25). The summed E-state index contributed by atoms with van der Waals surface area (Å²) < 4.78 is 27.5. The number of nitrogens with zero attached hydrogens (tertiary/aromatic N) is 2. The van der Waals surface area contributed by atoms with Gasteiger partial charge in [-0.2, -0.15) is 11.8 Å². The number of nitrogens with one attached hydrogen (secondary N) is 2. The van der Waals surface area contributed by atoms with Gasteiger partial charge in [0.15, 0.2) is 0 Å². The van der Waals surface area contributed by atoms with Gasteiger partial charge in [0.2, 0.25) is 5.95 Å². The molecule has 0 saturated carbocycles. The lowest BCUT2D eigenvalue weighted by Gasteiger charge is -2.10. The van der Waals surface area contributed by atoms with Gasteiger partial charge in [0, 0.05) is 28.4 Å². The molecule has 0 radical (unpaired) electrons. The Balaban J connectivity index is 1.69. The van der Waals surface area contributed by atoms with Crippen molar-refractivity contribution < 1.29 is 13.2 Å². The second-order valence-electron chi connectivity index (χ2n) is 6.69. The quantitative estimate of drug-likeness (QED) is 0.573. The number of benzene rings is 2. The zero-order valence-corrected chi connectivity index (χ0v) is 18.5. The van der Waals surface area contributed by atoms with Crippen molar-refractivity contribution in [1.82, 2.24) is 9.97 Å². The van der Waals surface area contributed by atoms with Gasteiger partial charge in [-0.15, -0.1) is 0 Å². The van der Waals surface area contributed by atoms with Crippen LogP contribution < -0.4 is 10.0 Å². The Morgan fingerprint density at radius 1 is 0.967 bits per heavy atom. The van der Waals surface area contributed by atoms with Crippen LogP contribution in [0.15, 0.2) is 59.5 Å². The van der Waals surface area contributed by atoms with Gasteiger partial charge in [-0.1, -0.05) is 12.1 Å². The molecule has 0 aliphatic rings. The lowest BCUT2D eigenvalue weighted by molar-refractivity contribution is 0.102. The highest BCUT2D eigenvalue weighted by Crippen LogP contribution is 2.18. The summed E-state index contributed by atoms with van der Waals surface area (Å²) in [5, 5.41) is 2.77. The molecule has 1 heterocycles. The largest absolute Gasteiger partial charge is 0.322 e. The maximum absolute atomic E-state index is 12.6. The number of amides is 1. The first kappa shape index (κ1) is 21.8. The van der Waals surface area contributed by atoms with Crippen LogP contribution in [0.4, 0.5) is 11.6 Å². The van der Waals surface area contributed by atoms with Crippen LogP contribution in [0.3, 0.4) is 0 Å². The van der Waals surface area contributed by atoms with E-state index >= 15 is 0 Å². The van der Waals surface area contributed by atoms with Crippen molar-refractivity contribution in [1.29, 1.82) is 0 Å². The Morgan fingerprint density at radius 2 is 1.57 bits per heavy atom. The van der Waals surface area contributed by atoms with Gasteiger partial charge >= 0.3 is 0 Å². The van der Waals surface area contributed by atoms with Gasteiger partial charge in [-0.25, -0.2) is 23.1 Å². The van der Waals surface area contributed by atoms with Crippen LogP contribution in [0.2, 0.25) is 0 Å². The fourth-order valence-electron chi connectivity index (χ4n) is 2.79. The van der Waals surface area contributed by atoms with E-state index in [4.69, 9.17) is 0 Å². The summed E-state index contributed by atoms with van der Waals surface area (Å²) in [6.07, 6.45) is 2.02. The highest BCUT2D eigenvalue weighted by molar-refractivity contribution is 7.97. The Morgan fingerprint density at radius 3 is 2.13 bits per heavy atom. The zero-order chi connectivity index (χ0) is 21.7. The molecule has 0 bridgehead atoms. The number of thioether (sulfide) groups is 1. The molecule has 2 aromatic carbocycles. The Kier molecular flexibility index (Phi) is 6.73. The molecule has 156 valence electrons. The maximum atomic E-state index is 12.6. The van der Waals surface area contributed by atoms with Gasteiger partial charge in [-0.05, 0) is 68.1 Å². The molecule has 0 spiro atoms. The van der Waals surface area contributed by atoms with Crippen LogP contribution in [-0.2, 0) is 15.8 Å². The fourth-order valence-corrected chi connectivity index (χ4v) is 4.26. The van der Waals surface area contributed by atoms with Crippen molar-refractivity contribution in [3.05, 3.63) is 77.1 Å². The summed E-state index contributed by atoms with van der Waals surface area (Å²) in [5.74, 6) is 0.650. The van der Waals surface area contributed by atoms with E-state index in [0.29, 0.717) is 22.6 Å². The van der Waals surface area contributed by atoms with Gasteiger partial charge in [0.25, 0.3) is 15.9 Å². The van der Waals surface area contributed by atoms with Crippen molar-refractivity contribution in [2.24, 2.45) is 0 Å². The summed E-state index contributed by atoms with van der Waals surface area (Å²) >= 11 is 1.71. The minimum Gasteiger partial charge on any atom is -0.322 e. The summed E-state index contributed by atoms with van der Waals surface area (Å²) in [5.41, 5.74) is 3.51. The predicted octanol–water partition coefficient (Wildman–Crippen LogP) is 4.01. The third-order valence-corrected chi connectivity index (χ3v) is 6.12. The highest BCUT2D eigenvalue weighted by atomic mass is 32.2. The number of anilines is 2. The first-order chi connectivity index (χ1) is 14.3. The minimum absolute atomic E-state index is 0.0230. The number of rotatable bonds is 7. The molecule has 30 heavy (non-hydrogen) atoms. The highest BCUT2D eigenvalue weighted by Gasteiger charge is 2.16. The van der Waals surface area contributed by atoms with E-state index in [-0.39, 0.29) is 16.8 Å². The SMILES string of the molecule is CSCc1ccc(C(=O)Nc2ccc(S(=O)(=O)Nc3nc(C)cc(C)n3)cc2)cc1. The number of hydrogen-bond acceptors (Lipinski definition) is 6. The summed E-state index contributed by atoms with van der Waals surface area (Å²) in [6, 6.07) is 15.0. The third kappa shape index (κ3) is 5.58. The van der Waals surface area contributed by atoms with E-state index in [1.165, 1.54) is 24.3 Å². The van der Waals surface area contributed by atoms with Gasteiger partial charge < -0.3 is 5.32 Å². The van der Waals surface area contributed by atoms with E-state index < -0.39 is 10.0 Å². The van der Waals surface area contributed by atoms with Crippen LogP contribution in [-0.4, -0.2) is 30.5 Å². The van der Waals surface area contributed by atoms with Gasteiger partial charge in [0.05, 0.1) is 4.90 Å². The molecule has 0 aliphatic carbocycles. The van der Waals surface area contributed by atoms with Crippen LogP contribution >= 0.6 is 11.8 Å². The molecular weight excluding hydrogens is 420 g/mol. The number of sulfonamides is 1. The molecule has 3 rings (SSSR count). The van der Waals surface area contributed by atoms with Gasteiger partial charge in [0.1, 0.15) is 0 Å². The smallest absolute Gasteiger partial charge is 0.264 e. The molecule has 1 amide bonds. The normalized spacial score (nSPS) is 11.2. The number of carbonyl (C=O) groups excluding carboxylic acids is 1. The van der Waals surface area contributed by atoms with Crippen molar-refractivity contribution in [2.45, 2.75) is 24.5 Å². The summed E-state index contributed by atoms with van der Waals surface area (Å²) in [4.78, 5) is 20.6. The lowest BCUT2D eigenvalue weighted by atomic mass is 10.1. The number of aromatic nitrogens is 2. The van der Waals surface area contributed by atoms with Crippen molar-refractivity contribution in [3.63, 3.8) is 0 Å². The van der Waals surface area contributed by atoms with E-state index in [0.717, 1.165) is 11.3 Å². The number of hydrogen-bond donors (Lipinski definition) is 2. The number of aryl methyl sites for hydroxylation is 2. The Hall–Kier alpha value is -2.91. The van der Waals surface area contributed by atoms with E-state index in [1.807, 2.05) is 18.4 Å². The molecule has 2 N–H and O–H groups in total. The first-order valence-corrected chi connectivity index (χ1v) is 12.0. The predicted molar refractivity (Wildman–Crippen MR) is 120 cm³/mol. The van der Waals surface area contributed by atoms with Crippen LogP contribution in [0.25, 0.3) is 0 Å². The molecule has 0 fully saturated rings. The van der Waals surface area contributed by atoms with E-state index in [9.17, 15) is 13.2 Å². The van der Waals surface area contributed by atoms with Crippen LogP contribution in [0.1, 0.15) is 27.3 Å². The zero-order valence-electron chi connectivity index (χ0n) is 16.8. The number of carbonyl (C=O) groups is 1. The first-order valence-electron chi connectivity index (χ1n) is 9.11. The molecule has 0 saturated heterocycles. The third-order valence-electron chi connectivity index (χ3n) is 4.16. The van der Waals surface area contributed by atoms with Crippen molar-refractivity contribution >= 4 is 39.3 Å². The molecule has 3 aromatic rings. The molecular formula is C21H22N4O3S2. The van der Waals surface area contributed by atoms with Crippen molar-refractivity contribution in [3.8, 4) is 0 Å². The summed E-state index contributed by atoms with van der Waals surface area (Å²) in [7, 11) is -3.84.